The third-order valence-corrected chi connectivity index (χ3v) is 3.36. The number of phenolic OH excluding ortho intramolecular Hbond substituents is 3. The van der Waals surface area contributed by atoms with E-state index in [0.717, 1.165) is 5.56 Å². The Balaban J connectivity index is 1.98. The Bertz CT molecular complexity index is 727. The first-order valence-electron chi connectivity index (χ1n) is 7.08. The predicted octanol–water partition coefficient (Wildman–Crippen LogP) is 1.96. The van der Waals surface area contributed by atoms with E-state index in [1.165, 1.54) is 18.2 Å². The minimum Gasteiger partial charge on any atom is -0.504 e. The Morgan fingerprint density at radius 2 is 1.83 bits per heavy atom. The summed E-state index contributed by atoms with van der Waals surface area (Å²) in [4.78, 5) is 15.8. The lowest BCUT2D eigenvalue weighted by Crippen LogP contribution is -2.23. The summed E-state index contributed by atoms with van der Waals surface area (Å²) in [7, 11) is 0. The van der Waals surface area contributed by atoms with Crippen LogP contribution in [-0.2, 0) is 11.2 Å². The number of benzene rings is 1. The van der Waals surface area contributed by atoms with Gasteiger partial charge in [0.05, 0.1) is 0 Å². The number of allylic oxidation sites excluding steroid dienone is 1. The smallest absolute Gasteiger partial charge is 0.244 e. The average molecular weight is 314 g/mol. The molecule has 2 rings (SSSR count). The maximum atomic E-state index is 11.9. The highest BCUT2D eigenvalue weighted by Crippen LogP contribution is 2.39. The molecule has 6 nitrogen and oxygen atoms in total. The SMILES string of the molecule is C/C(=C/C(=O)NCCc1ccncc1)c1ccc(O)c(O)c1O. The maximum absolute atomic E-state index is 11.9. The highest BCUT2D eigenvalue weighted by molar-refractivity contribution is 5.95. The number of nitrogens with one attached hydrogen (secondary N) is 1. The monoisotopic (exact) mass is 314 g/mol. The summed E-state index contributed by atoms with van der Waals surface area (Å²) in [6.45, 7) is 2.10. The lowest BCUT2D eigenvalue weighted by atomic mass is 10.0. The van der Waals surface area contributed by atoms with Crippen LogP contribution in [0, 0.1) is 0 Å². The molecule has 0 bridgehead atoms. The number of rotatable bonds is 5. The molecule has 120 valence electrons. The summed E-state index contributed by atoms with van der Waals surface area (Å²) < 4.78 is 0. The average Bonchev–Trinajstić information content (AvgIpc) is 2.53. The third kappa shape index (κ3) is 4.23. The van der Waals surface area contributed by atoms with Crippen LogP contribution in [0.5, 0.6) is 17.2 Å². The maximum Gasteiger partial charge on any atom is 0.244 e. The Hall–Kier alpha value is -3.02. The summed E-state index contributed by atoms with van der Waals surface area (Å²) in [5, 5.41) is 31.4. The number of amides is 1. The van der Waals surface area contributed by atoms with Gasteiger partial charge in [-0.15, -0.1) is 0 Å². The van der Waals surface area contributed by atoms with Crippen molar-refractivity contribution < 1.29 is 20.1 Å². The second-order valence-electron chi connectivity index (χ2n) is 5.05. The van der Waals surface area contributed by atoms with Gasteiger partial charge in [-0.05, 0) is 48.7 Å². The van der Waals surface area contributed by atoms with E-state index in [1.54, 1.807) is 19.3 Å². The number of aromatic hydroxyl groups is 3. The van der Waals surface area contributed by atoms with Crippen molar-refractivity contribution in [2.45, 2.75) is 13.3 Å². The van der Waals surface area contributed by atoms with Crippen molar-refractivity contribution in [3.05, 3.63) is 53.9 Å². The highest BCUT2D eigenvalue weighted by atomic mass is 16.3. The first kappa shape index (κ1) is 16.4. The Morgan fingerprint density at radius 3 is 2.52 bits per heavy atom. The number of aromatic nitrogens is 1. The molecule has 1 amide bonds. The van der Waals surface area contributed by atoms with Gasteiger partial charge in [0.1, 0.15) is 0 Å². The zero-order chi connectivity index (χ0) is 16.8. The van der Waals surface area contributed by atoms with Crippen molar-refractivity contribution in [2.75, 3.05) is 6.54 Å². The van der Waals surface area contributed by atoms with E-state index in [2.05, 4.69) is 10.3 Å². The topological polar surface area (TPSA) is 103 Å². The predicted molar refractivity (Wildman–Crippen MR) is 86.0 cm³/mol. The van der Waals surface area contributed by atoms with Gasteiger partial charge in [-0.2, -0.15) is 0 Å². The molecule has 6 heteroatoms. The van der Waals surface area contributed by atoms with Crippen LogP contribution in [0.2, 0.25) is 0 Å². The van der Waals surface area contributed by atoms with Crippen LogP contribution in [0.15, 0.2) is 42.7 Å². The summed E-state index contributed by atoms with van der Waals surface area (Å²) in [5.41, 5.74) is 1.82. The van der Waals surface area contributed by atoms with Crippen LogP contribution < -0.4 is 5.32 Å². The number of carbonyl (C=O) groups excluding carboxylic acids is 1. The van der Waals surface area contributed by atoms with Crippen LogP contribution >= 0.6 is 0 Å². The zero-order valence-electron chi connectivity index (χ0n) is 12.7. The number of hydrogen-bond donors (Lipinski definition) is 4. The molecular weight excluding hydrogens is 296 g/mol. The van der Waals surface area contributed by atoms with Gasteiger partial charge in [0.2, 0.25) is 11.7 Å². The second-order valence-corrected chi connectivity index (χ2v) is 5.05. The molecule has 1 aromatic carbocycles. The van der Waals surface area contributed by atoms with Crippen molar-refractivity contribution in [3.8, 4) is 17.2 Å². The van der Waals surface area contributed by atoms with E-state index < -0.39 is 17.2 Å². The van der Waals surface area contributed by atoms with Gasteiger partial charge >= 0.3 is 0 Å². The lowest BCUT2D eigenvalue weighted by molar-refractivity contribution is -0.116. The van der Waals surface area contributed by atoms with Gasteiger partial charge in [-0.3, -0.25) is 9.78 Å². The number of phenols is 3. The second kappa shape index (κ2) is 7.31. The molecule has 0 saturated carbocycles. The molecule has 0 radical (unpaired) electrons. The first-order valence-corrected chi connectivity index (χ1v) is 7.08. The van der Waals surface area contributed by atoms with Crippen LogP contribution in [0.3, 0.4) is 0 Å². The van der Waals surface area contributed by atoms with Crippen LogP contribution in [0.1, 0.15) is 18.1 Å². The van der Waals surface area contributed by atoms with E-state index >= 15 is 0 Å². The quantitative estimate of drug-likeness (QED) is 0.499. The lowest BCUT2D eigenvalue weighted by Gasteiger charge is -2.08. The fourth-order valence-electron chi connectivity index (χ4n) is 2.09. The number of pyridine rings is 1. The summed E-state index contributed by atoms with van der Waals surface area (Å²) in [6.07, 6.45) is 5.41. The number of hydrogen-bond acceptors (Lipinski definition) is 5. The van der Waals surface area contributed by atoms with Crippen LogP contribution in [0.4, 0.5) is 0 Å². The van der Waals surface area contributed by atoms with E-state index in [9.17, 15) is 20.1 Å². The van der Waals surface area contributed by atoms with Crippen molar-refractivity contribution in [1.29, 1.82) is 0 Å². The van der Waals surface area contributed by atoms with Gasteiger partial charge in [0.15, 0.2) is 11.5 Å². The molecule has 4 N–H and O–H groups in total. The van der Waals surface area contributed by atoms with Gasteiger partial charge in [0, 0.05) is 30.6 Å². The van der Waals surface area contributed by atoms with Crippen LogP contribution in [0.25, 0.3) is 5.57 Å². The Kier molecular flexibility index (Phi) is 5.19. The highest BCUT2D eigenvalue weighted by Gasteiger charge is 2.12. The molecule has 0 aliphatic heterocycles. The normalized spacial score (nSPS) is 11.3. The Morgan fingerprint density at radius 1 is 1.13 bits per heavy atom. The Labute approximate surface area is 133 Å². The van der Waals surface area contributed by atoms with Gasteiger partial charge < -0.3 is 20.6 Å². The van der Waals surface area contributed by atoms with Gasteiger partial charge in [0.25, 0.3) is 0 Å². The summed E-state index contributed by atoms with van der Waals surface area (Å²) in [5.74, 6) is -1.78. The molecule has 1 aromatic heterocycles. The molecule has 0 fully saturated rings. The minimum absolute atomic E-state index is 0.282. The van der Waals surface area contributed by atoms with Gasteiger partial charge in [-0.25, -0.2) is 0 Å². The van der Waals surface area contributed by atoms with Gasteiger partial charge in [-0.1, -0.05) is 0 Å². The molecule has 0 unspecified atom stereocenters. The van der Waals surface area contributed by atoms with E-state index in [0.29, 0.717) is 18.5 Å². The molecule has 0 aliphatic rings. The van der Waals surface area contributed by atoms with Crippen LogP contribution in [-0.4, -0.2) is 32.8 Å². The van der Waals surface area contributed by atoms with Crippen molar-refractivity contribution in [1.82, 2.24) is 10.3 Å². The van der Waals surface area contributed by atoms with Crippen molar-refractivity contribution in [3.63, 3.8) is 0 Å². The number of carbonyl (C=O) groups is 1. The minimum atomic E-state index is -0.603. The molecule has 2 aromatic rings. The summed E-state index contributed by atoms with van der Waals surface area (Å²) in [6, 6.07) is 6.44. The molecule has 0 aliphatic carbocycles. The zero-order valence-corrected chi connectivity index (χ0v) is 12.7. The largest absolute Gasteiger partial charge is 0.504 e. The summed E-state index contributed by atoms with van der Waals surface area (Å²) >= 11 is 0. The fourth-order valence-corrected chi connectivity index (χ4v) is 2.09. The fraction of sp³-hybridized carbons (Fsp3) is 0.176. The first-order chi connectivity index (χ1) is 11.0. The standard InChI is InChI=1S/C17H18N2O4/c1-11(13-2-3-14(20)17(23)16(13)22)10-15(21)19-9-6-12-4-7-18-8-5-12/h2-5,7-8,10,20,22-23H,6,9H2,1H3,(H,19,21)/b11-10-. The molecule has 0 spiro atoms. The number of nitrogens with zero attached hydrogens (tertiary/aromatic N) is 1. The third-order valence-electron chi connectivity index (χ3n) is 3.36. The van der Waals surface area contributed by atoms with E-state index in [-0.39, 0.29) is 11.5 Å². The van der Waals surface area contributed by atoms with Crippen molar-refractivity contribution >= 4 is 11.5 Å². The van der Waals surface area contributed by atoms with Crippen molar-refractivity contribution in [2.24, 2.45) is 0 Å². The molecule has 0 atom stereocenters. The molecule has 23 heavy (non-hydrogen) atoms. The molecule has 1 heterocycles. The van der Waals surface area contributed by atoms with E-state index in [1.807, 2.05) is 12.1 Å². The van der Waals surface area contributed by atoms with E-state index in [4.69, 9.17) is 0 Å². The molecule has 0 saturated heterocycles. The molecular formula is C17H18N2O4.